The van der Waals surface area contributed by atoms with Crippen LogP contribution in [0.4, 0.5) is 0 Å². The first kappa shape index (κ1) is 58.0. The molecular weight excluding hydrogens is 725 g/mol. The highest BCUT2D eigenvalue weighted by Crippen LogP contribution is 2.30. The van der Waals surface area contributed by atoms with E-state index in [1.165, 1.54) is 205 Å². The zero-order valence-electron chi connectivity index (χ0n) is 40.3. The van der Waals surface area contributed by atoms with Gasteiger partial charge >= 0.3 is 0 Å². The van der Waals surface area contributed by atoms with E-state index < -0.39 is 17.8 Å². The zero-order chi connectivity index (χ0) is 43.2. The Morgan fingerprint density at radius 1 is 0.373 bits per heavy atom. The van der Waals surface area contributed by atoms with Crippen LogP contribution in [0.25, 0.3) is 0 Å². The van der Waals surface area contributed by atoms with Gasteiger partial charge in [-0.25, -0.2) is 0 Å². The number of allylic oxidation sites excluding steroid dienone is 4. The number of unbranched alkanes of at least 4 members (excludes halogenated alkanes) is 36. The van der Waals surface area contributed by atoms with Crippen LogP contribution in [0.3, 0.4) is 0 Å². The highest BCUT2D eigenvalue weighted by molar-refractivity contribution is 5.83. The van der Waals surface area contributed by atoms with Crippen molar-refractivity contribution in [3.05, 3.63) is 24.3 Å². The van der Waals surface area contributed by atoms with Crippen molar-refractivity contribution >= 4 is 5.78 Å². The summed E-state index contributed by atoms with van der Waals surface area (Å²) in [6, 6.07) is 0. The first-order valence-electron chi connectivity index (χ1n) is 26.8. The van der Waals surface area contributed by atoms with Gasteiger partial charge in [0, 0.05) is 6.42 Å². The molecule has 0 saturated carbocycles. The molecule has 0 aliphatic heterocycles. The Morgan fingerprint density at radius 3 is 0.898 bits per heavy atom. The van der Waals surface area contributed by atoms with Gasteiger partial charge < -0.3 is 15.3 Å². The average molecular weight is 831 g/mol. The van der Waals surface area contributed by atoms with Crippen LogP contribution < -0.4 is 0 Å². The Bertz CT molecular complexity index is 854. The smallest absolute Gasteiger partial charge is 0.164 e. The predicted octanol–water partition coefficient (Wildman–Crippen LogP) is 17.3. The van der Waals surface area contributed by atoms with Crippen molar-refractivity contribution in [3.8, 4) is 0 Å². The van der Waals surface area contributed by atoms with E-state index in [-0.39, 0.29) is 12.2 Å². The maximum atomic E-state index is 13.0. The molecule has 350 valence electrons. The van der Waals surface area contributed by atoms with Gasteiger partial charge in [-0.05, 0) is 70.6 Å². The summed E-state index contributed by atoms with van der Waals surface area (Å²) in [5, 5.41) is 34.2. The first-order chi connectivity index (χ1) is 28.9. The van der Waals surface area contributed by atoms with E-state index in [4.69, 9.17) is 0 Å². The van der Waals surface area contributed by atoms with Crippen molar-refractivity contribution in [2.45, 2.75) is 321 Å². The molecule has 0 aliphatic rings. The van der Waals surface area contributed by atoms with Gasteiger partial charge in [-0.15, -0.1) is 0 Å². The monoisotopic (exact) mass is 831 g/mol. The van der Waals surface area contributed by atoms with E-state index in [9.17, 15) is 20.1 Å². The number of carbonyl (C=O) groups excluding carboxylic acids is 1. The van der Waals surface area contributed by atoms with Gasteiger partial charge in [-0.2, -0.15) is 0 Å². The lowest BCUT2D eigenvalue weighted by Crippen LogP contribution is -2.51. The van der Waals surface area contributed by atoms with Gasteiger partial charge in [0.05, 0.1) is 5.60 Å². The number of rotatable bonds is 49. The van der Waals surface area contributed by atoms with Crippen LogP contribution in [0.15, 0.2) is 24.3 Å². The normalized spacial score (nSPS) is 13.3. The van der Waals surface area contributed by atoms with Crippen LogP contribution in [0.2, 0.25) is 0 Å². The van der Waals surface area contributed by atoms with Crippen LogP contribution in [0, 0.1) is 0 Å². The second-order valence-electron chi connectivity index (χ2n) is 18.8. The molecule has 2 atom stereocenters. The molecule has 0 aromatic rings. The highest BCUT2D eigenvalue weighted by atomic mass is 16.4. The lowest BCUT2D eigenvalue weighted by Gasteiger charge is -2.35. The fourth-order valence-corrected chi connectivity index (χ4v) is 8.71. The molecule has 0 amide bonds. The summed E-state index contributed by atoms with van der Waals surface area (Å²) < 4.78 is 0. The highest BCUT2D eigenvalue weighted by Gasteiger charge is 2.41. The quantitative estimate of drug-likeness (QED) is 0.0422. The van der Waals surface area contributed by atoms with Crippen molar-refractivity contribution in [1.29, 1.82) is 0 Å². The van der Waals surface area contributed by atoms with Crippen LogP contribution in [0.5, 0.6) is 0 Å². The van der Waals surface area contributed by atoms with Crippen molar-refractivity contribution in [2.75, 3.05) is 0 Å². The topological polar surface area (TPSA) is 77.8 Å². The lowest BCUT2D eigenvalue weighted by atomic mass is 9.81. The molecule has 4 heteroatoms. The third-order valence-corrected chi connectivity index (χ3v) is 12.9. The second-order valence-corrected chi connectivity index (χ2v) is 18.8. The summed E-state index contributed by atoms with van der Waals surface area (Å²) in [6.45, 7) is 6.81. The summed E-state index contributed by atoms with van der Waals surface area (Å²) in [5.41, 5.74) is -1.41. The molecule has 0 heterocycles. The van der Waals surface area contributed by atoms with E-state index in [2.05, 4.69) is 45.1 Å². The number of ketones is 1. The molecule has 0 fully saturated rings. The average Bonchev–Trinajstić information content (AvgIpc) is 3.24. The predicted molar refractivity (Wildman–Crippen MR) is 260 cm³/mol. The molecule has 0 aromatic carbocycles. The van der Waals surface area contributed by atoms with E-state index in [0.29, 0.717) is 12.8 Å². The minimum Gasteiger partial charge on any atom is -0.387 e. The number of Topliss-reactive ketones (excluding diaryl/α,β-unsaturated/α-hetero) is 1. The molecule has 0 radical (unpaired) electrons. The van der Waals surface area contributed by atoms with Gasteiger partial charge in [0.2, 0.25) is 0 Å². The number of aliphatic hydroxyl groups excluding tert-OH is 2. The Labute approximate surface area is 370 Å². The molecule has 0 bridgehead atoms. The van der Waals surface area contributed by atoms with Crippen LogP contribution in [-0.4, -0.2) is 38.9 Å². The molecule has 3 N–H and O–H groups in total. The molecule has 59 heavy (non-hydrogen) atoms. The molecule has 0 aromatic heterocycles. The number of aliphatic hydroxyl groups is 3. The molecule has 0 spiro atoms. The Kier molecular flexibility index (Phi) is 45.8. The summed E-state index contributed by atoms with van der Waals surface area (Å²) in [6.07, 6.45) is 58.3. The third-order valence-electron chi connectivity index (χ3n) is 12.9. The molecule has 0 aliphatic carbocycles. The summed E-state index contributed by atoms with van der Waals surface area (Å²) in [5.74, 6) is -0.305. The maximum absolute atomic E-state index is 13.0. The molecule has 2 unspecified atom stereocenters. The number of hydrogen-bond donors (Lipinski definition) is 3. The van der Waals surface area contributed by atoms with Crippen LogP contribution in [-0.2, 0) is 4.79 Å². The van der Waals surface area contributed by atoms with E-state index in [1.807, 2.05) is 0 Å². The van der Waals surface area contributed by atoms with Crippen molar-refractivity contribution < 1.29 is 20.1 Å². The van der Waals surface area contributed by atoms with Gasteiger partial charge in [0.25, 0.3) is 0 Å². The largest absolute Gasteiger partial charge is 0.387 e. The molecule has 0 saturated heterocycles. The summed E-state index contributed by atoms with van der Waals surface area (Å²) in [4.78, 5) is 13.0. The third kappa shape index (κ3) is 39.6. The Morgan fingerprint density at radius 2 is 0.610 bits per heavy atom. The van der Waals surface area contributed by atoms with Crippen molar-refractivity contribution in [2.24, 2.45) is 0 Å². The van der Waals surface area contributed by atoms with Crippen LogP contribution >= 0.6 is 0 Å². The fraction of sp³-hybridized carbons (Fsp3) is 0.909. The Hall–Kier alpha value is -0.970. The van der Waals surface area contributed by atoms with E-state index in [0.717, 1.165) is 57.8 Å². The summed E-state index contributed by atoms with van der Waals surface area (Å²) >= 11 is 0. The SMILES string of the molecule is CCCCCCCC/C=C\CCCCCCCCC(O)(CCCCCCCC/C=C\CCCCCCCC)C(O)C(O)C(=O)CCCCCCCCCCCCCCC. The van der Waals surface area contributed by atoms with E-state index >= 15 is 0 Å². The molecular formula is C55H106O4. The van der Waals surface area contributed by atoms with Crippen molar-refractivity contribution in [1.82, 2.24) is 0 Å². The maximum Gasteiger partial charge on any atom is 0.164 e. The minimum absolute atomic E-state index is 0.286. The fourth-order valence-electron chi connectivity index (χ4n) is 8.71. The zero-order valence-corrected chi connectivity index (χ0v) is 40.3. The molecule has 0 rings (SSSR count). The standard InChI is InChI=1S/C55H106O4/c1-4-7-10-13-16-19-22-25-27-29-32-35-38-41-44-47-50-55(59,51-48-45-42-39-36-33-30-28-26-23-20-17-14-11-8-5-2)54(58)53(57)52(56)49-46-43-40-37-34-31-24-21-18-15-12-9-6-3/h25-28,53-54,57-59H,4-24,29-51H2,1-3H3/b27-25-,28-26-. The first-order valence-corrected chi connectivity index (χ1v) is 26.8. The van der Waals surface area contributed by atoms with Gasteiger partial charge in [-0.3, -0.25) is 4.79 Å². The Balaban J connectivity index is 4.53. The van der Waals surface area contributed by atoms with Gasteiger partial charge in [0.1, 0.15) is 12.2 Å². The molecule has 4 nitrogen and oxygen atoms in total. The second kappa shape index (κ2) is 46.5. The van der Waals surface area contributed by atoms with Gasteiger partial charge in [-0.1, -0.05) is 251 Å². The number of carbonyl (C=O) groups is 1. The number of hydrogen-bond acceptors (Lipinski definition) is 4. The summed E-state index contributed by atoms with van der Waals surface area (Å²) in [7, 11) is 0. The van der Waals surface area contributed by atoms with E-state index in [1.54, 1.807) is 0 Å². The minimum atomic E-state index is -1.50. The lowest BCUT2D eigenvalue weighted by molar-refractivity contribution is -0.156. The van der Waals surface area contributed by atoms with Crippen molar-refractivity contribution in [3.63, 3.8) is 0 Å². The van der Waals surface area contributed by atoms with Crippen LogP contribution in [0.1, 0.15) is 303 Å². The van der Waals surface area contributed by atoms with Gasteiger partial charge in [0.15, 0.2) is 5.78 Å².